The van der Waals surface area contributed by atoms with Gasteiger partial charge in [0.05, 0.1) is 19.2 Å². The summed E-state index contributed by atoms with van der Waals surface area (Å²) in [6.45, 7) is 6.03. The number of carbonyl (C=O) groups is 3. The summed E-state index contributed by atoms with van der Waals surface area (Å²) in [5.74, 6) is -0.786. The van der Waals surface area contributed by atoms with Crippen LogP contribution in [0.1, 0.15) is 71.2 Å². The molecule has 1 aromatic carbocycles. The number of benzene rings is 1. The van der Waals surface area contributed by atoms with Crippen molar-refractivity contribution in [3.05, 3.63) is 45.8 Å². The summed E-state index contributed by atoms with van der Waals surface area (Å²) in [5, 5.41) is 9.48. The van der Waals surface area contributed by atoms with Gasteiger partial charge in [-0.25, -0.2) is 4.79 Å². The van der Waals surface area contributed by atoms with E-state index < -0.39 is 5.97 Å². The largest absolute Gasteiger partial charge is 0.465 e. The van der Waals surface area contributed by atoms with Gasteiger partial charge in [-0.3, -0.25) is 9.59 Å². The number of nitrogens with one attached hydrogen (secondary N) is 3. The Labute approximate surface area is 192 Å². The summed E-state index contributed by atoms with van der Waals surface area (Å²) in [6.07, 6.45) is 4.71. The van der Waals surface area contributed by atoms with Gasteiger partial charge in [-0.15, -0.1) is 11.3 Å². The number of esters is 1. The molecule has 0 spiro atoms. The van der Waals surface area contributed by atoms with Gasteiger partial charge >= 0.3 is 5.97 Å². The Morgan fingerprint density at radius 1 is 1.09 bits per heavy atom. The normalized spacial score (nSPS) is 13.1. The summed E-state index contributed by atoms with van der Waals surface area (Å²) in [5.41, 5.74) is 2.52. The molecular formula is C24H31N3O4S. The zero-order chi connectivity index (χ0) is 23.3. The molecule has 1 aromatic heterocycles. The molecule has 7 nitrogen and oxygen atoms in total. The highest BCUT2D eigenvalue weighted by molar-refractivity contribution is 7.17. The van der Waals surface area contributed by atoms with Crippen LogP contribution in [0.25, 0.3) is 0 Å². The number of fused-ring (bicyclic) bond motifs is 1. The van der Waals surface area contributed by atoms with E-state index in [1.807, 2.05) is 20.8 Å². The van der Waals surface area contributed by atoms with Gasteiger partial charge in [0.15, 0.2) is 0 Å². The van der Waals surface area contributed by atoms with Crippen LogP contribution in [-0.4, -0.2) is 37.0 Å². The van der Waals surface area contributed by atoms with Gasteiger partial charge in [0.25, 0.3) is 5.91 Å². The average Bonchev–Trinajstić information content (AvgIpc) is 3.15. The molecule has 1 aliphatic carbocycles. The van der Waals surface area contributed by atoms with Crippen molar-refractivity contribution >= 4 is 39.8 Å². The smallest absolute Gasteiger partial charge is 0.341 e. The first-order valence-electron chi connectivity index (χ1n) is 10.9. The lowest BCUT2D eigenvalue weighted by atomic mass is 9.95. The highest BCUT2D eigenvalue weighted by Crippen LogP contribution is 2.38. The molecule has 2 aromatic rings. The summed E-state index contributed by atoms with van der Waals surface area (Å²) >= 11 is 1.46. The van der Waals surface area contributed by atoms with Crippen LogP contribution in [-0.2, 0) is 22.4 Å². The molecular weight excluding hydrogens is 426 g/mol. The third-order valence-electron chi connectivity index (χ3n) is 5.75. The van der Waals surface area contributed by atoms with Crippen LogP contribution >= 0.6 is 11.3 Å². The van der Waals surface area contributed by atoms with Crippen LogP contribution in [0.3, 0.4) is 0 Å². The van der Waals surface area contributed by atoms with Crippen LogP contribution in [0.2, 0.25) is 0 Å². The molecule has 0 unspecified atom stereocenters. The molecule has 1 aliphatic rings. The summed E-state index contributed by atoms with van der Waals surface area (Å²) in [4.78, 5) is 38.4. The second-order valence-electron chi connectivity index (χ2n) is 8.58. The number of thiophene rings is 1. The minimum absolute atomic E-state index is 0.0393. The Bertz CT molecular complexity index is 995. The molecule has 1 heterocycles. The van der Waals surface area contributed by atoms with Crippen molar-refractivity contribution in [1.82, 2.24) is 5.32 Å². The van der Waals surface area contributed by atoms with E-state index >= 15 is 0 Å². The Kier molecular flexibility index (Phi) is 7.56. The number of hydrogen-bond donors (Lipinski definition) is 3. The molecule has 2 amide bonds. The number of rotatable bonds is 8. The maximum atomic E-state index is 12.5. The van der Waals surface area contributed by atoms with Gasteiger partial charge < -0.3 is 20.7 Å². The molecule has 3 rings (SSSR count). The summed E-state index contributed by atoms with van der Waals surface area (Å²) < 4.78 is 4.95. The first-order valence-corrected chi connectivity index (χ1v) is 11.7. The predicted octanol–water partition coefficient (Wildman–Crippen LogP) is 4.38. The van der Waals surface area contributed by atoms with E-state index in [-0.39, 0.29) is 23.9 Å². The van der Waals surface area contributed by atoms with Crippen molar-refractivity contribution in [3.8, 4) is 0 Å². The molecule has 3 N–H and O–H groups in total. The zero-order valence-electron chi connectivity index (χ0n) is 19.1. The third kappa shape index (κ3) is 5.68. The SMILES string of the molecule is CCC(C)(C)NC(=O)c1ccc(NCC(=O)Nc2sc3c(c2C(=O)OC)CCCC3)cc1. The van der Waals surface area contributed by atoms with Crippen LogP contribution in [0.4, 0.5) is 10.7 Å². The van der Waals surface area contributed by atoms with Crippen molar-refractivity contribution in [2.45, 2.75) is 58.4 Å². The van der Waals surface area contributed by atoms with Crippen molar-refractivity contribution in [2.24, 2.45) is 0 Å². The Balaban J connectivity index is 1.60. The maximum Gasteiger partial charge on any atom is 0.341 e. The number of ether oxygens (including phenoxy) is 1. The van der Waals surface area contributed by atoms with E-state index in [4.69, 9.17) is 4.74 Å². The Morgan fingerprint density at radius 3 is 2.44 bits per heavy atom. The number of anilines is 2. The third-order valence-corrected chi connectivity index (χ3v) is 6.96. The number of hydrogen-bond acceptors (Lipinski definition) is 6. The van der Waals surface area contributed by atoms with Gasteiger partial charge in [0.1, 0.15) is 5.00 Å². The molecule has 0 saturated heterocycles. The molecule has 8 heteroatoms. The quantitative estimate of drug-likeness (QED) is 0.511. The average molecular weight is 458 g/mol. The molecule has 172 valence electrons. The molecule has 0 aliphatic heterocycles. The lowest BCUT2D eigenvalue weighted by Gasteiger charge is -2.24. The second kappa shape index (κ2) is 10.2. The first-order chi connectivity index (χ1) is 15.2. The number of carbonyl (C=O) groups excluding carboxylic acids is 3. The van der Waals surface area contributed by atoms with Gasteiger partial charge in [-0.2, -0.15) is 0 Å². The fourth-order valence-electron chi connectivity index (χ4n) is 3.53. The molecule has 32 heavy (non-hydrogen) atoms. The highest BCUT2D eigenvalue weighted by atomic mass is 32.1. The topological polar surface area (TPSA) is 96.5 Å². The monoisotopic (exact) mass is 457 g/mol. The number of aryl methyl sites for hydroxylation is 1. The van der Waals surface area contributed by atoms with Gasteiger partial charge in [-0.1, -0.05) is 6.92 Å². The van der Waals surface area contributed by atoms with E-state index in [0.29, 0.717) is 16.1 Å². The summed E-state index contributed by atoms with van der Waals surface area (Å²) in [6, 6.07) is 6.99. The second-order valence-corrected chi connectivity index (χ2v) is 9.68. The van der Waals surface area contributed by atoms with Crippen molar-refractivity contribution in [1.29, 1.82) is 0 Å². The number of methoxy groups -OCH3 is 1. The lowest BCUT2D eigenvalue weighted by molar-refractivity contribution is -0.114. The van der Waals surface area contributed by atoms with Crippen LogP contribution in [0, 0.1) is 0 Å². The minimum Gasteiger partial charge on any atom is -0.465 e. The Hall–Kier alpha value is -2.87. The van der Waals surface area contributed by atoms with Crippen LogP contribution in [0.15, 0.2) is 24.3 Å². The Morgan fingerprint density at radius 2 is 1.78 bits per heavy atom. The molecule has 0 radical (unpaired) electrons. The number of amides is 2. The predicted molar refractivity (Wildman–Crippen MR) is 128 cm³/mol. The van der Waals surface area contributed by atoms with E-state index in [0.717, 1.165) is 48.2 Å². The van der Waals surface area contributed by atoms with Crippen molar-refractivity contribution < 1.29 is 19.1 Å². The van der Waals surface area contributed by atoms with E-state index in [2.05, 4.69) is 16.0 Å². The fourth-order valence-corrected chi connectivity index (χ4v) is 4.83. The standard InChI is InChI=1S/C24H31N3O4S/c1-5-24(2,3)27-21(29)15-10-12-16(13-11-15)25-14-19(28)26-22-20(23(30)31-4)17-8-6-7-9-18(17)32-22/h10-13,25H,5-9,14H2,1-4H3,(H,26,28)(H,27,29). The van der Waals surface area contributed by atoms with Gasteiger partial charge in [0, 0.05) is 21.7 Å². The minimum atomic E-state index is -0.409. The molecule has 0 bridgehead atoms. The van der Waals surface area contributed by atoms with Crippen molar-refractivity contribution in [3.63, 3.8) is 0 Å². The van der Waals surface area contributed by atoms with E-state index in [1.165, 1.54) is 18.4 Å². The zero-order valence-corrected chi connectivity index (χ0v) is 19.9. The molecule has 0 saturated carbocycles. The highest BCUT2D eigenvalue weighted by Gasteiger charge is 2.27. The molecule has 0 fully saturated rings. The van der Waals surface area contributed by atoms with Crippen molar-refractivity contribution in [2.75, 3.05) is 24.3 Å². The van der Waals surface area contributed by atoms with Gasteiger partial charge in [-0.05, 0) is 75.8 Å². The van der Waals surface area contributed by atoms with Crippen LogP contribution in [0.5, 0.6) is 0 Å². The maximum absolute atomic E-state index is 12.5. The van der Waals surface area contributed by atoms with E-state index in [1.54, 1.807) is 24.3 Å². The van der Waals surface area contributed by atoms with E-state index in [9.17, 15) is 14.4 Å². The first kappa shape index (κ1) is 23.8. The molecule has 0 atom stereocenters. The van der Waals surface area contributed by atoms with Crippen LogP contribution < -0.4 is 16.0 Å². The fraction of sp³-hybridized carbons (Fsp3) is 0.458. The summed E-state index contributed by atoms with van der Waals surface area (Å²) in [7, 11) is 1.36. The van der Waals surface area contributed by atoms with Gasteiger partial charge in [0.2, 0.25) is 5.91 Å². The lowest BCUT2D eigenvalue weighted by Crippen LogP contribution is -2.42.